The van der Waals surface area contributed by atoms with Crippen LogP contribution in [-0.4, -0.2) is 69.1 Å². The van der Waals surface area contributed by atoms with Crippen molar-refractivity contribution >= 4 is 21.7 Å². The number of nitriles is 1. The summed E-state index contributed by atoms with van der Waals surface area (Å²) in [5.41, 5.74) is 0. The molecule has 0 unspecified atom stereocenters. The van der Waals surface area contributed by atoms with E-state index in [1.54, 1.807) is 13.0 Å². The van der Waals surface area contributed by atoms with Crippen molar-refractivity contribution in [2.45, 2.75) is 37.4 Å². The van der Waals surface area contributed by atoms with Crippen molar-refractivity contribution in [3.63, 3.8) is 0 Å². The first-order valence-corrected chi connectivity index (χ1v) is 11.0. The lowest BCUT2D eigenvalue weighted by Gasteiger charge is -2.20. The molecule has 0 bridgehead atoms. The quantitative estimate of drug-likeness (QED) is 0.497. The molecule has 0 radical (unpaired) electrons. The van der Waals surface area contributed by atoms with Crippen LogP contribution in [-0.2, 0) is 14.8 Å². The summed E-state index contributed by atoms with van der Waals surface area (Å²) in [6, 6.07) is 4.35. The first-order chi connectivity index (χ1) is 13.8. The number of sulfonamides is 1. The van der Waals surface area contributed by atoms with E-state index in [4.69, 9.17) is 5.26 Å². The topological polar surface area (TPSA) is 127 Å². The SMILES string of the molecule is CCNS(=O)(=O)c1ccc(NC[C@@H](C)CNCC(=O)N2C[C@@H](F)C[C@H]2C#N)nc1. The molecule has 1 aromatic heterocycles. The Morgan fingerprint density at radius 1 is 1.45 bits per heavy atom. The van der Waals surface area contributed by atoms with Gasteiger partial charge in [-0.05, 0) is 24.6 Å². The monoisotopic (exact) mass is 426 g/mol. The van der Waals surface area contributed by atoms with Crippen LogP contribution < -0.4 is 15.4 Å². The molecule has 1 aliphatic rings. The molecular weight excluding hydrogens is 399 g/mol. The van der Waals surface area contributed by atoms with Gasteiger partial charge in [-0.1, -0.05) is 13.8 Å². The molecule has 1 aliphatic heterocycles. The Hall–Kier alpha value is -2.29. The summed E-state index contributed by atoms with van der Waals surface area (Å²) in [5, 5.41) is 15.1. The third-order valence-corrected chi connectivity index (χ3v) is 6.03. The van der Waals surface area contributed by atoms with E-state index in [2.05, 4.69) is 20.3 Å². The van der Waals surface area contributed by atoms with Crippen LogP contribution in [0.5, 0.6) is 0 Å². The Balaban J connectivity index is 1.73. The number of pyridine rings is 1. The summed E-state index contributed by atoms with van der Waals surface area (Å²) in [6.07, 6.45) is 0.227. The molecule has 1 fully saturated rings. The number of likely N-dealkylation sites (tertiary alicyclic amines) is 1. The van der Waals surface area contributed by atoms with Crippen LogP contribution in [0.15, 0.2) is 23.2 Å². The van der Waals surface area contributed by atoms with Crippen molar-refractivity contribution < 1.29 is 17.6 Å². The average molecular weight is 427 g/mol. The summed E-state index contributed by atoms with van der Waals surface area (Å²) < 4.78 is 39.6. The highest BCUT2D eigenvalue weighted by Gasteiger charge is 2.34. The molecule has 29 heavy (non-hydrogen) atoms. The zero-order valence-electron chi connectivity index (χ0n) is 16.6. The number of carbonyl (C=O) groups excluding carboxylic acids is 1. The Morgan fingerprint density at radius 2 is 2.21 bits per heavy atom. The van der Waals surface area contributed by atoms with Gasteiger partial charge in [-0.2, -0.15) is 5.26 Å². The van der Waals surface area contributed by atoms with E-state index in [0.29, 0.717) is 25.5 Å². The van der Waals surface area contributed by atoms with Crippen LogP contribution >= 0.6 is 0 Å². The molecule has 1 amide bonds. The molecule has 0 aliphatic carbocycles. The van der Waals surface area contributed by atoms with Crippen molar-refractivity contribution in [3.8, 4) is 6.07 Å². The lowest BCUT2D eigenvalue weighted by atomic mass is 10.2. The predicted molar refractivity (Wildman–Crippen MR) is 106 cm³/mol. The van der Waals surface area contributed by atoms with E-state index in [9.17, 15) is 17.6 Å². The Morgan fingerprint density at radius 3 is 2.83 bits per heavy atom. The van der Waals surface area contributed by atoms with Crippen LogP contribution in [0, 0.1) is 17.2 Å². The number of hydrogen-bond donors (Lipinski definition) is 3. The van der Waals surface area contributed by atoms with Gasteiger partial charge in [0.05, 0.1) is 19.2 Å². The zero-order valence-corrected chi connectivity index (χ0v) is 17.4. The zero-order chi connectivity index (χ0) is 21.4. The van der Waals surface area contributed by atoms with E-state index in [1.807, 2.05) is 13.0 Å². The van der Waals surface area contributed by atoms with Gasteiger partial charge in [0.1, 0.15) is 22.9 Å². The van der Waals surface area contributed by atoms with Gasteiger partial charge in [-0.3, -0.25) is 4.79 Å². The largest absolute Gasteiger partial charge is 0.370 e. The summed E-state index contributed by atoms with van der Waals surface area (Å²) in [4.78, 5) is 17.6. The van der Waals surface area contributed by atoms with Crippen molar-refractivity contribution in [1.29, 1.82) is 5.26 Å². The number of hydrogen-bond acceptors (Lipinski definition) is 7. The Kier molecular flexibility index (Phi) is 8.31. The van der Waals surface area contributed by atoms with Gasteiger partial charge in [-0.25, -0.2) is 22.5 Å². The van der Waals surface area contributed by atoms with E-state index >= 15 is 0 Å². The minimum Gasteiger partial charge on any atom is -0.370 e. The Labute approximate surface area is 170 Å². The Bertz CT molecular complexity index is 827. The lowest BCUT2D eigenvalue weighted by Crippen LogP contribution is -2.42. The number of aromatic nitrogens is 1. The highest BCUT2D eigenvalue weighted by molar-refractivity contribution is 7.89. The van der Waals surface area contributed by atoms with Crippen LogP contribution in [0.4, 0.5) is 10.2 Å². The summed E-state index contributed by atoms with van der Waals surface area (Å²) in [5.74, 6) is 0.413. The molecule has 0 aromatic carbocycles. The summed E-state index contributed by atoms with van der Waals surface area (Å²) >= 11 is 0. The van der Waals surface area contributed by atoms with E-state index in [1.165, 1.54) is 17.2 Å². The fourth-order valence-corrected chi connectivity index (χ4v) is 3.96. The molecule has 2 rings (SSSR count). The highest BCUT2D eigenvalue weighted by Crippen LogP contribution is 2.19. The lowest BCUT2D eigenvalue weighted by molar-refractivity contribution is -0.130. The van der Waals surface area contributed by atoms with Gasteiger partial charge in [0.2, 0.25) is 15.9 Å². The second-order valence-electron chi connectivity index (χ2n) is 7.02. The number of nitrogens with zero attached hydrogens (tertiary/aromatic N) is 3. The maximum Gasteiger partial charge on any atom is 0.242 e. The number of halogens is 1. The van der Waals surface area contributed by atoms with Crippen LogP contribution in [0.25, 0.3) is 0 Å². The maximum absolute atomic E-state index is 13.4. The third kappa shape index (κ3) is 6.62. The minimum atomic E-state index is -3.52. The molecule has 3 atom stereocenters. The second-order valence-corrected chi connectivity index (χ2v) is 8.79. The highest BCUT2D eigenvalue weighted by atomic mass is 32.2. The number of anilines is 1. The number of rotatable bonds is 10. The molecule has 0 spiro atoms. The maximum atomic E-state index is 13.4. The molecule has 1 saturated heterocycles. The van der Waals surface area contributed by atoms with Crippen molar-refractivity contribution in [2.24, 2.45) is 5.92 Å². The molecule has 3 N–H and O–H groups in total. The van der Waals surface area contributed by atoms with Gasteiger partial charge in [0.25, 0.3) is 0 Å². The number of amides is 1. The fourth-order valence-electron chi connectivity index (χ4n) is 2.98. The third-order valence-electron chi connectivity index (χ3n) is 4.50. The minimum absolute atomic E-state index is 0.0268. The second kappa shape index (κ2) is 10.5. The van der Waals surface area contributed by atoms with Crippen molar-refractivity contribution in [1.82, 2.24) is 19.9 Å². The molecule has 11 heteroatoms. The van der Waals surface area contributed by atoms with E-state index in [-0.39, 0.29) is 36.2 Å². The molecule has 2 heterocycles. The molecule has 9 nitrogen and oxygen atoms in total. The van der Waals surface area contributed by atoms with Crippen LogP contribution in [0.1, 0.15) is 20.3 Å². The molecule has 160 valence electrons. The van der Waals surface area contributed by atoms with Gasteiger partial charge >= 0.3 is 0 Å². The van der Waals surface area contributed by atoms with Crippen molar-refractivity contribution in [2.75, 3.05) is 38.0 Å². The molecule has 1 aromatic rings. The molecular formula is C18H27FN6O3S. The number of alkyl halides is 1. The standard InChI is InChI=1S/C18H27FN6O3S/c1-3-24-29(27,28)16-4-5-17(23-10-16)22-9-13(2)8-21-11-18(26)25-12-14(19)6-15(25)7-20/h4-5,10,13-15,21,24H,3,6,8-9,11-12H2,1-2H3,(H,22,23)/t13-,14-,15-/m0/s1. The summed E-state index contributed by atoms with van der Waals surface area (Å²) in [6.45, 7) is 5.10. The fraction of sp³-hybridized carbons (Fsp3) is 0.611. The number of carbonyl (C=O) groups is 1. The smallest absolute Gasteiger partial charge is 0.242 e. The average Bonchev–Trinajstić information content (AvgIpc) is 3.07. The van der Waals surface area contributed by atoms with E-state index < -0.39 is 22.2 Å². The predicted octanol–water partition coefficient (Wildman–Crippen LogP) is 0.480. The summed E-state index contributed by atoms with van der Waals surface area (Å²) in [7, 11) is -3.52. The van der Waals surface area contributed by atoms with E-state index in [0.717, 1.165) is 0 Å². The molecule has 0 saturated carbocycles. The first kappa shape index (κ1) is 23.0. The normalized spacial score (nSPS) is 20.3. The number of nitrogens with one attached hydrogen (secondary N) is 3. The van der Waals surface area contributed by atoms with Crippen LogP contribution in [0.3, 0.4) is 0 Å². The van der Waals surface area contributed by atoms with Crippen LogP contribution in [0.2, 0.25) is 0 Å². The van der Waals surface area contributed by atoms with Crippen molar-refractivity contribution in [3.05, 3.63) is 18.3 Å². The first-order valence-electron chi connectivity index (χ1n) is 9.50. The van der Waals surface area contributed by atoms with Gasteiger partial charge in [0, 0.05) is 25.7 Å². The van der Waals surface area contributed by atoms with Gasteiger partial charge in [-0.15, -0.1) is 0 Å². The van der Waals surface area contributed by atoms with Gasteiger partial charge in [0.15, 0.2) is 0 Å². The van der Waals surface area contributed by atoms with Gasteiger partial charge < -0.3 is 15.5 Å².